The SMILES string of the molecule is CN1NNN=C1c1cnn(-c2ccc(Cl)cc2Cl)c1Cl. The number of rotatable bonds is 2. The summed E-state index contributed by atoms with van der Waals surface area (Å²) in [7, 11) is 1.81. The molecular formula is C11H9Cl3N6. The number of nitrogens with zero attached hydrogens (tertiary/aromatic N) is 4. The molecule has 104 valence electrons. The normalized spacial score (nSPS) is 14.4. The highest BCUT2D eigenvalue weighted by atomic mass is 35.5. The molecule has 2 heterocycles. The van der Waals surface area contributed by atoms with Gasteiger partial charge in [0.1, 0.15) is 5.15 Å². The number of hydrogen-bond acceptors (Lipinski definition) is 5. The number of hydrazine groups is 2. The molecule has 20 heavy (non-hydrogen) atoms. The van der Waals surface area contributed by atoms with Gasteiger partial charge in [0, 0.05) is 12.1 Å². The lowest BCUT2D eigenvalue weighted by Gasteiger charge is -2.11. The Balaban J connectivity index is 2.06. The summed E-state index contributed by atoms with van der Waals surface area (Å²) in [4.78, 5) is 0. The second kappa shape index (κ2) is 5.14. The minimum atomic E-state index is 0.408. The number of halogens is 3. The van der Waals surface area contributed by atoms with E-state index in [0.717, 1.165) is 0 Å². The van der Waals surface area contributed by atoms with Crippen LogP contribution in [0.25, 0.3) is 5.69 Å². The van der Waals surface area contributed by atoms with Crippen molar-refractivity contribution in [2.75, 3.05) is 7.05 Å². The fourth-order valence-corrected chi connectivity index (χ4v) is 2.58. The van der Waals surface area contributed by atoms with Crippen LogP contribution in [0, 0.1) is 0 Å². The first kappa shape index (κ1) is 13.5. The molecule has 6 nitrogen and oxygen atoms in total. The van der Waals surface area contributed by atoms with Crippen molar-refractivity contribution >= 4 is 40.6 Å². The first-order valence-electron chi connectivity index (χ1n) is 5.59. The van der Waals surface area contributed by atoms with E-state index in [2.05, 4.69) is 21.3 Å². The molecule has 0 fully saturated rings. The zero-order valence-electron chi connectivity index (χ0n) is 10.2. The van der Waals surface area contributed by atoms with Gasteiger partial charge in [0.15, 0.2) is 5.84 Å². The summed E-state index contributed by atoms with van der Waals surface area (Å²) in [5.41, 5.74) is 6.77. The van der Waals surface area contributed by atoms with Crippen LogP contribution in [0.5, 0.6) is 0 Å². The fourth-order valence-electron chi connectivity index (χ4n) is 1.83. The van der Waals surface area contributed by atoms with Crippen LogP contribution in [0.3, 0.4) is 0 Å². The standard InChI is InChI=1S/C11H9Cl3N6/c1-19-11(16-17-18-19)7-5-15-20(10(7)14)9-3-2-6(12)4-8(9)13/h2-5,17-18H,1H3. The topological polar surface area (TPSA) is 57.5 Å². The largest absolute Gasteiger partial charge is 0.274 e. The van der Waals surface area contributed by atoms with Gasteiger partial charge in [0.05, 0.1) is 22.5 Å². The molecule has 1 aliphatic heterocycles. The highest BCUT2D eigenvalue weighted by Crippen LogP contribution is 2.28. The van der Waals surface area contributed by atoms with Gasteiger partial charge in [-0.3, -0.25) is 5.01 Å². The van der Waals surface area contributed by atoms with E-state index in [1.165, 1.54) is 4.68 Å². The van der Waals surface area contributed by atoms with E-state index in [-0.39, 0.29) is 0 Å². The predicted octanol–water partition coefficient (Wildman–Crippen LogP) is 2.45. The molecule has 0 spiro atoms. The number of hydrogen-bond donors (Lipinski definition) is 2. The molecule has 0 radical (unpaired) electrons. The van der Waals surface area contributed by atoms with Crippen LogP contribution in [0.15, 0.2) is 29.5 Å². The summed E-state index contributed by atoms with van der Waals surface area (Å²) in [6, 6.07) is 5.12. The molecule has 9 heteroatoms. The van der Waals surface area contributed by atoms with Crippen LogP contribution in [0.1, 0.15) is 5.56 Å². The lowest BCUT2D eigenvalue weighted by molar-refractivity contribution is 0.349. The molecule has 0 saturated heterocycles. The Labute approximate surface area is 129 Å². The molecular weight excluding hydrogens is 323 g/mol. The average molecular weight is 332 g/mol. The summed E-state index contributed by atoms with van der Waals surface area (Å²) in [5, 5.41) is 11.4. The lowest BCUT2D eigenvalue weighted by Crippen LogP contribution is -2.37. The van der Waals surface area contributed by atoms with Gasteiger partial charge in [-0.05, 0) is 18.2 Å². The highest BCUT2D eigenvalue weighted by molar-refractivity contribution is 6.36. The van der Waals surface area contributed by atoms with Crippen molar-refractivity contribution < 1.29 is 0 Å². The molecule has 2 aromatic rings. The molecule has 0 aliphatic carbocycles. The molecule has 2 N–H and O–H groups in total. The quantitative estimate of drug-likeness (QED) is 0.887. The van der Waals surface area contributed by atoms with E-state index in [1.807, 2.05) is 7.05 Å². The molecule has 1 aromatic heterocycles. The van der Waals surface area contributed by atoms with E-state index in [1.54, 1.807) is 29.4 Å². The molecule has 0 unspecified atom stereocenters. The van der Waals surface area contributed by atoms with Crippen LogP contribution in [-0.4, -0.2) is 27.7 Å². The third-order valence-corrected chi connectivity index (χ3v) is 3.69. The van der Waals surface area contributed by atoms with Crippen LogP contribution in [0.4, 0.5) is 0 Å². The Morgan fingerprint density at radius 2 is 2.00 bits per heavy atom. The fraction of sp³-hybridized carbons (Fsp3) is 0.0909. The first-order valence-corrected chi connectivity index (χ1v) is 6.72. The molecule has 0 bridgehead atoms. The predicted molar refractivity (Wildman–Crippen MR) is 79.2 cm³/mol. The van der Waals surface area contributed by atoms with E-state index in [4.69, 9.17) is 34.8 Å². The minimum Gasteiger partial charge on any atom is -0.274 e. The minimum absolute atomic E-state index is 0.408. The zero-order chi connectivity index (χ0) is 14.3. The van der Waals surface area contributed by atoms with Crippen molar-refractivity contribution in [3.05, 3.63) is 45.2 Å². The van der Waals surface area contributed by atoms with Crippen LogP contribution < -0.4 is 11.1 Å². The summed E-state index contributed by atoms with van der Waals surface area (Å²) >= 11 is 18.4. The summed E-state index contributed by atoms with van der Waals surface area (Å²) in [5.74, 6) is 0.631. The number of aromatic nitrogens is 2. The molecule has 0 atom stereocenters. The molecule has 1 aliphatic rings. The number of benzene rings is 1. The van der Waals surface area contributed by atoms with Crippen LogP contribution in [0.2, 0.25) is 15.2 Å². The van der Waals surface area contributed by atoms with Crippen LogP contribution >= 0.6 is 34.8 Å². The summed E-state index contributed by atoms with van der Waals surface area (Å²) in [6.07, 6.45) is 1.62. The molecule has 0 amide bonds. The van der Waals surface area contributed by atoms with E-state index in [0.29, 0.717) is 32.3 Å². The van der Waals surface area contributed by atoms with Gasteiger partial charge in [-0.25, -0.2) is 10.2 Å². The molecule has 1 aromatic carbocycles. The van der Waals surface area contributed by atoms with Gasteiger partial charge in [-0.1, -0.05) is 34.8 Å². The third kappa shape index (κ3) is 2.20. The maximum Gasteiger partial charge on any atom is 0.177 e. The Hall–Kier alpha value is -1.47. The second-order valence-electron chi connectivity index (χ2n) is 4.07. The maximum absolute atomic E-state index is 6.36. The number of amidine groups is 1. The Morgan fingerprint density at radius 1 is 1.20 bits per heavy atom. The maximum atomic E-state index is 6.36. The van der Waals surface area contributed by atoms with Crippen molar-refractivity contribution in [2.24, 2.45) is 5.10 Å². The third-order valence-electron chi connectivity index (χ3n) is 2.79. The van der Waals surface area contributed by atoms with Crippen molar-refractivity contribution in [2.45, 2.75) is 0 Å². The van der Waals surface area contributed by atoms with E-state index < -0.39 is 0 Å². The Morgan fingerprint density at radius 3 is 2.65 bits per heavy atom. The second-order valence-corrected chi connectivity index (χ2v) is 5.28. The Kier molecular flexibility index (Phi) is 3.47. The highest BCUT2D eigenvalue weighted by Gasteiger charge is 2.22. The van der Waals surface area contributed by atoms with E-state index in [9.17, 15) is 0 Å². The summed E-state index contributed by atoms with van der Waals surface area (Å²) in [6.45, 7) is 0. The van der Waals surface area contributed by atoms with Crippen LogP contribution in [-0.2, 0) is 0 Å². The van der Waals surface area contributed by atoms with Crippen molar-refractivity contribution in [1.82, 2.24) is 25.9 Å². The molecule has 0 saturated carbocycles. The van der Waals surface area contributed by atoms with Gasteiger partial charge in [0.2, 0.25) is 0 Å². The van der Waals surface area contributed by atoms with Gasteiger partial charge >= 0.3 is 0 Å². The number of nitrogens with one attached hydrogen (secondary N) is 2. The lowest BCUT2D eigenvalue weighted by atomic mass is 10.3. The zero-order valence-corrected chi connectivity index (χ0v) is 12.5. The van der Waals surface area contributed by atoms with Gasteiger partial charge in [-0.2, -0.15) is 5.10 Å². The van der Waals surface area contributed by atoms with Crippen molar-refractivity contribution in [1.29, 1.82) is 0 Å². The molecule has 3 rings (SSSR count). The monoisotopic (exact) mass is 330 g/mol. The smallest absolute Gasteiger partial charge is 0.177 e. The number of hydrazone groups is 1. The van der Waals surface area contributed by atoms with Crippen molar-refractivity contribution in [3.63, 3.8) is 0 Å². The van der Waals surface area contributed by atoms with Crippen molar-refractivity contribution in [3.8, 4) is 5.69 Å². The summed E-state index contributed by atoms with van der Waals surface area (Å²) < 4.78 is 1.53. The first-order chi connectivity index (χ1) is 9.58. The average Bonchev–Trinajstić information content (AvgIpc) is 2.96. The Bertz CT molecular complexity index is 695. The van der Waals surface area contributed by atoms with Gasteiger partial charge < -0.3 is 0 Å². The van der Waals surface area contributed by atoms with E-state index >= 15 is 0 Å². The van der Waals surface area contributed by atoms with Gasteiger partial charge in [0.25, 0.3) is 0 Å². The van der Waals surface area contributed by atoms with Gasteiger partial charge in [-0.15, -0.1) is 10.6 Å².